The van der Waals surface area contributed by atoms with Crippen LogP contribution in [0, 0.1) is 0 Å². The molecule has 18 heavy (non-hydrogen) atoms. The van der Waals surface area contributed by atoms with Gasteiger partial charge in [-0.2, -0.15) is 0 Å². The first-order valence-electron chi connectivity index (χ1n) is 6.90. The zero-order chi connectivity index (χ0) is 12.8. The molecule has 0 heterocycles. The maximum Gasteiger partial charge on any atom is 0.122 e. The maximum atomic E-state index is 5.91. The number of nitrogens with two attached hydrogens (primary N) is 1. The zero-order valence-corrected chi connectivity index (χ0v) is 11.2. The summed E-state index contributed by atoms with van der Waals surface area (Å²) in [6, 6.07) is 9.32. The molecule has 0 spiro atoms. The van der Waals surface area contributed by atoms with E-state index in [1.165, 1.54) is 18.4 Å². The molecule has 0 atom stereocenters. The van der Waals surface area contributed by atoms with Crippen molar-refractivity contribution in [1.82, 2.24) is 5.32 Å². The van der Waals surface area contributed by atoms with Crippen molar-refractivity contribution >= 4 is 0 Å². The molecule has 0 unspecified atom stereocenters. The van der Waals surface area contributed by atoms with Gasteiger partial charge in [0.25, 0.3) is 0 Å². The molecule has 3 nitrogen and oxygen atoms in total. The van der Waals surface area contributed by atoms with Crippen LogP contribution in [0.1, 0.15) is 31.2 Å². The smallest absolute Gasteiger partial charge is 0.122 e. The third kappa shape index (κ3) is 3.72. The Morgan fingerprint density at radius 2 is 1.94 bits per heavy atom. The first-order chi connectivity index (χ1) is 8.79. The summed E-state index contributed by atoms with van der Waals surface area (Å²) >= 11 is 0. The van der Waals surface area contributed by atoms with Gasteiger partial charge in [-0.05, 0) is 50.3 Å². The second kappa shape index (κ2) is 6.76. The Morgan fingerprint density at radius 1 is 1.22 bits per heavy atom. The number of rotatable bonds is 5. The van der Waals surface area contributed by atoms with Gasteiger partial charge in [-0.15, -0.1) is 0 Å². The molecule has 1 saturated carbocycles. The fourth-order valence-corrected chi connectivity index (χ4v) is 2.64. The molecule has 2 rings (SSSR count). The fourth-order valence-electron chi connectivity index (χ4n) is 2.64. The number of methoxy groups -OCH3 is 1. The average Bonchev–Trinajstić information content (AvgIpc) is 2.41. The van der Waals surface area contributed by atoms with Crippen molar-refractivity contribution in [1.29, 1.82) is 0 Å². The quantitative estimate of drug-likeness (QED) is 0.839. The van der Waals surface area contributed by atoms with Crippen LogP contribution in [0.3, 0.4) is 0 Å². The Labute approximate surface area is 110 Å². The van der Waals surface area contributed by atoms with Gasteiger partial charge in [-0.25, -0.2) is 0 Å². The van der Waals surface area contributed by atoms with Gasteiger partial charge in [0.2, 0.25) is 0 Å². The van der Waals surface area contributed by atoms with Gasteiger partial charge in [0, 0.05) is 12.1 Å². The highest BCUT2D eigenvalue weighted by atomic mass is 16.5. The molecule has 1 aliphatic rings. The Kier molecular flexibility index (Phi) is 5.02. The normalized spacial score (nSPS) is 23.9. The lowest BCUT2D eigenvalue weighted by Gasteiger charge is -2.27. The molecule has 0 aliphatic heterocycles. The zero-order valence-electron chi connectivity index (χ0n) is 11.2. The highest BCUT2D eigenvalue weighted by Crippen LogP contribution is 2.19. The highest BCUT2D eigenvalue weighted by molar-refractivity contribution is 5.33. The number of hydrogen-bond acceptors (Lipinski definition) is 3. The Hall–Kier alpha value is -1.06. The molecule has 1 fully saturated rings. The summed E-state index contributed by atoms with van der Waals surface area (Å²) in [5.74, 6) is 0.991. The third-order valence-electron chi connectivity index (χ3n) is 3.79. The van der Waals surface area contributed by atoms with Crippen molar-refractivity contribution in [2.45, 2.75) is 44.2 Å². The van der Waals surface area contributed by atoms with E-state index in [1.54, 1.807) is 7.11 Å². The predicted octanol–water partition coefficient (Wildman–Crippen LogP) is 2.10. The minimum Gasteiger partial charge on any atom is -0.496 e. The minimum atomic E-state index is 0.428. The van der Waals surface area contributed by atoms with E-state index < -0.39 is 0 Å². The molecule has 0 radical (unpaired) electrons. The van der Waals surface area contributed by atoms with E-state index in [0.29, 0.717) is 12.1 Å². The Morgan fingerprint density at radius 3 is 2.67 bits per heavy atom. The summed E-state index contributed by atoms with van der Waals surface area (Å²) < 4.78 is 5.36. The second-order valence-electron chi connectivity index (χ2n) is 5.13. The molecule has 3 N–H and O–H groups in total. The molecular formula is C15H24N2O. The molecule has 0 bridgehead atoms. The number of hydrogen-bond donors (Lipinski definition) is 2. The van der Waals surface area contributed by atoms with E-state index in [-0.39, 0.29) is 0 Å². The topological polar surface area (TPSA) is 47.3 Å². The Balaban J connectivity index is 1.75. The second-order valence-corrected chi connectivity index (χ2v) is 5.13. The first kappa shape index (κ1) is 13.4. The van der Waals surface area contributed by atoms with Gasteiger partial charge in [0.1, 0.15) is 5.75 Å². The van der Waals surface area contributed by atoms with Crippen LogP contribution in [0.4, 0.5) is 0 Å². The highest BCUT2D eigenvalue weighted by Gasteiger charge is 2.17. The summed E-state index contributed by atoms with van der Waals surface area (Å²) in [5.41, 5.74) is 7.19. The molecule has 1 aromatic carbocycles. The molecular weight excluding hydrogens is 224 g/mol. The average molecular weight is 248 g/mol. The van der Waals surface area contributed by atoms with Crippen molar-refractivity contribution in [3.8, 4) is 5.75 Å². The monoisotopic (exact) mass is 248 g/mol. The number of ether oxygens (including phenoxy) is 1. The standard InChI is InChI=1S/C15H24N2O/c1-18-15-5-3-2-4-12(15)10-11-17-14-8-6-13(16)7-9-14/h2-5,13-14,17H,6-11,16H2,1H3. The summed E-state index contributed by atoms with van der Waals surface area (Å²) in [6.45, 7) is 1.01. The van der Waals surface area contributed by atoms with Crippen molar-refractivity contribution in [3.05, 3.63) is 29.8 Å². The summed E-state index contributed by atoms with van der Waals surface area (Å²) in [4.78, 5) is 0. The molecule has 0 saturated heterocycles. The molecule has 3 heteroatoms. The van der Waals surface area contributed by atoms with Crippen molar-refractivity contribution in [3.63, 3.8) is 0 Å². The van der Waals surface area contributed by atoms with Crippen LogP contribution in [0.15, 0.2) is 24.3 Å². The van der Waals surface area contributed by atoms with Crippen LogP contribution in [0.25, 0.3) is 0 Å². The molecule has 100 valence electrons. The van der Waals surface area contributed by atoms with Crippen LogP contribution < -0.4 is 15.8 Å². The maximum absolute atomic E-state index is 5.91. The van der Waals surface area contributed by atoms with E-state index >= 15 is 0 Å². The van der Waals surface area contributed by atoms with Crippen LogP contribution in [0.2, 0.25) is 0 Å². The largest absolute Gasteiger partial charge is 0.496 e. The number of para-hydroxylation sites is 1. The molecule has 1 aliphatic carbocycles. The van der Waals surface area contributed by atoms with E-state index in [9.17, 15) is 0 Å². The van der Waals surface area contributed by atoms with Gasteiger partial charge in [0.15, 0.2) is 0 Å². The number of benzene rings is 1. The van der Waals surface area contributed by atoms with Crippen LogP contribution in [-0.4, -0.2) is 25.7 Å². The van der Waals surface area contributed by atoms with Gasteiger partial charge < -0.3 is 15.8 Å². The summed E-state index contributed by atoms with van der Waals surface area (Å²) in [5, 5.41) is 3.63. The minimum absolute atomic E-state index is 0.428. The summed E-state index contributed by atoms with van der Waals surface area (Å²) in [7, 11) is 1.73. The van der Waals surface area contributed by atoms with Crippen LogP contribution in [-0.2, 0) is 6.42 Å². The lowest BCUT2D eigenvalue weighted by Crippen LogP contribution is -2.38. The van der Waals surface area contributed by atoms with Gasteiger partial charge in [-0.1, -0.05) is 18.2 Å². The van der Waals surface area contributed by atoms with Crippen LogP contribution >= 0.6 is 0 Å². The van der Waals surface area contributed by atoms with Crippen LogP contribution in [0.5, 0.6) is 5.75 Å². The third-order valence-corrected chi connectivity index (χ3v) is 3.79. The van der Waals surface area contributed by atoms with Gasteiger partial charge >= 0.3 is 0 Å². The van der Waals surface area contributed by atoms with E-state index in [0.717, 1.165) is 31.6 Å². The lowest BCUT2D eigenvalue weighted by molar-refractivity contribution is 0.343. The van der Waals surface area contributed by atoms with Crippen molar-refractivity contribution in [2.24, 2.45) is 5.73 Å². The van der Waals surface area contributed by atoms with Gasteiger partial charge in [-0.3, -0.25) is 0 Å². The van der Waals surface area contributed by atoms with E-state index in [4.69, 9.17) is 10.5 Å². The van der Waals surface area contributed by atoms with Gasteiger partial charge in [0.05, 0.1) is 7.11 Å². The molecule has 1 aromatic rings. The van der Waals surface area contributed by atoms with Crippen molar-refractivity contribution in [2.75, 3.05) is 13.7 Å². The molecule has 0 aromatic heterocycles. The fraction of sp³-hybridized carbons (Fsp3) is 0.600. The lowest BCUT2D eigenvalue weighted by atomic mass is 9.92. The van der Waals surface area contributed by atoms with Crippen molar-refractivity contribution < 1.29 is 4.74 Å². The SMILES string of the molecule is COc1ccccc1CCNC1CCC(N)CC1. The predicted molar refractivity (Wildman–Crippen MR) is 74.9 cm³/mol. The first-order valence-corrected chi connectivity index (χ1v) is 6.90. The summed E-state index contributed by atoms with van der Waals surface area (Å²) in [6.07, 6.45) is 5.77. The van der Waals surface area contributed by atoms with E-state index in [1.807, 2.05) is 12.1 Å². The van der Waals surface area contributed by atoms with E-state index in [2.05, 4.69) is 17.4 Å². The number of nitrogens with one attached hydrogen (secondary N) is 1. The molecule has 0 amide bonds. The Bertz CT molecular complexity index is 359.